The number of nitrogens with zero attached hydrogens (tertiary/aromatic N) is 2. The summed E-state index contributed by atoms with van der Waals surface area (Å²) >= 11 is 0. The van der Waals surface area contributed by atoms with E-state index in [1.807, 2.05) is 11.8 Å². The average molecular weight is 322 g/mol. The van der Waals surface area contributed by atoms with E-state index < -0.39 is 0 Å². The minimum absolute atomic E-state index is 0.0276. The smallest absolute Gasteiger partial charge is 0.257 e. The van der Waals surface area contributed by atoms with Crippen LogP contribution in [0.15, 0.2) is 18.2 Å². The van der Waals surface area contributed by atoms with Crippen LogP contribution in [0.3, 0.4) is 0 Å². The van der Waals surface area contributed by atoms with Gasteiger partial charge in [-0.15, -0.1) is 0 Å². The number of aliphatic hydroxyl groups is 1. The molecule has 0 spiro atoms. The Morgan fingerprint density at radius 3 is 2.48 bits per heavy atom. The Hall–Kier alpha value is -1.79. The Kier molecular flexibility index (Phi) is 6.24. The molecule has 1 aliphatic rings. The molecule has 1 atom stereocenters. The zero-order valence-electron chi connectivity index (χ0n) is 14.1. The summed E-state index contributed by atoms with van der Waals surface area (Å²) in [4.78, 5) is 16.7. The molecule has 1 aromatic rings. The minimum atomic E-state index is -0.293. The van der Waals surface area contributed by atoms with Crippen LogP contribution in [0, 0.1) is 0 Å². The first-order valence-electron chi connectivity index (χ1n) is 8.00. The van der Waals surface area contributed by atoms with E-state index in [2.05, 4.69) is 4.90 Å². The second kappa shape index (κ2) is 8.17. The molecule has 1 amide bonds. The molecule has 1 aromatic carbocycles. The first-order valence-corrected chi connectivity index (χ1v) is 8.00. The Labute approximate surface area is 137 Å². The van der Waals surface area contributed by atoms with Gasteiger partial charge in [-0.05, 0) is 18.6 Å². The highest BCUT2D eigenvalue weighted by molar-refractivity contribution is 5.97. The van der Waals surface area contributed by atoms with Crippen molar-refractivity contribution in [3.8, 4) is 11.5 Å². The molecule has 0 radical (unpaired) electrons. The minimum Gasteiger partial charge on any atom is -0.497 e. The first-order chi connectivity index (χ1) is 11.1. The highest BCUT2D eigenvalue weighted by atomic mass is 16.5. The Balaban J connectivity index is 2.00. The summed E-state index contributed by atoms with van der Waals surface area (Å²) in [5.74, 6) is 1.16. The van der Waals surface area contributed by atoms with Crippen molar-refractivity contribution < 1.29 is 19.4 Å². The van der Waals surface area contributed by atoms with Crippen molar-refractivity contribution in [2.45, 2.75) is 19.4 Å². The monoisotopic (exact) mass is 322 g/mol. The molecule has 0 saturated carbocycles. The summed E-state index contributed by atoms with van der Waals surface area (Å²) in [6.45, 7) is 5.52. The molecule has 1 saturated heterocycles. The molecular weight excluding hydrogens is 296 g/mol. The zero-order valence-corrected chi connectivity index (χ0v) is 14.1. The van der Waals surface area contributed by atoms with Crippen LogP contribution in [0.2, 0.25) is 0 Å². The van der Waals surface area contributed by atoms with Gasteiger partial charge in [0.25, 0.3) is 5.91 Å². The summed E-state index contributed by atoms with van der Waals surface area (Å²) in [5, 5.41) is 9.73. The number of hydrogen-bond acceptors (Lipinski definition) is 5. The Bertz CT molecular complexity index is 527. The van der Waals surface area contributed by atoms with Gasteiger partial charge in [-0.25, -0.2) is 0 Å². The molecule has 2 rings (SSSR count). The third-order valence-corrected chi connectivity index (χ3v) is 4.24. The normalized spacial score (nSPS) is 17.0. The van der Waals surface area contributed by atoms with Crippen LogP contribution in [0.4, 0.5) is 0 Å². The van der Waals surface area contributed by atoms with E-state index in [0.717, 1.165) is 19.5 Å². The van der Waals surface area contributed by atoms with Crippen molar-refractivity contribution in [3.05, 3.63) is 23.8 Å². The molecule has 1 fully saturated rings. The fraction of sp³-hybridized carbons (Fsp3) is 0.588. The van der Waals surface area contributed by atoms with Crippen molar-refractivity contribution in [1.82, 2.24) is 9.80 Å². The molecule has 1 heterocycles. The van der Waals surface area contributed by atoms with E-state index in [1.54, 1.807) is 32.4 Å². The zero-order chi connectivity index (χ0) is 16.8. The topological polar surface area (TPSA) is 62.2 Å². The quantitative estimate of drug-likeness (QED) is 0.853. The van der Waals surface area contributed by atoms with E-state index in [4.69, 9.17) is 9.47 Å². The number of ether oxygens (including phenoxy) is 2. The maximum atomic E-state index is 12.7. The molecule has 6 heteroatoms. The van der Waals surface area contributed by atoms with Crippen LogP contribution in [-0.2, 0) is 0 Å². The van der Waals surface area contributed by atoms with Crippen molar-refractivity contribution in [1.29, 1.82) is 0 Å². The van der Waals surface area contributed by atoms with Gasteiger partial charge in [-0.2, -0.15) is 0 Å². The van der Waals surface area contributed by atoms with E-state index in [1.165, 1.54) is 0 Å². The van der Waals surface area contributed by atoms with Crippen LogP contribution in [0.25, 0.3) is 0 Å². The van der Waals surface area contributed by atoms with Gasteiger partial charge in [0.15, 0.2) is 0 Å². The Morgan fingerprint density at radius 1 is 1.22 bits per heavy atom. The molecule has 0 unspecified atom stereocenters. The molecule has 1 aliphatic heterocycles. The molecular formula is C17H26N2O4. The van der Waals surface area contributed by atoms with Gasteiger partial charge in [0.2, 0.25) is 0 Å². The van der Waals surface area contributed by atoms with Gasteiger partial charge in [0, 0.05) is 38.8 Å². The lowest BCUT2D eigenvalue weighted by atomic mass is 10.1. The van der Waals surface area contributed by atoms with Crippen molar-refractivity contribution in [3.63, 3.8) is 0 Å². The molecule has 128 valence electrons. The molecule has 23 heavy (non-hydrogen) atoms. The predicted octanol–water partition coefficient (Wildman–Crippen LogP) is 1.23. The number of β-amino-alcohol motifs (C(OH)–C–C–N with tert-alkyl or cyclic N) is 1. The van der Waals surface area contributed by atoms with Gasteiger partial charge in [-0.3, -0.25) is 9.69 Å². The standard InChI is InChI=1S/C17H26N2O4/c1-4-13(20)12-18-7-9-19(10-8-18)17(21)15-6-5-14(22-2)11-16(15)23-3/h5-6,11,13,20H,4,7-10,12H2,1-3H3/t13-/m1/s1. The highest BCUT2D eigenvalue weighted by Gasteiger charge is 2.25. The summed E-state index contributed by atoms with van der Waals surface area (Å²) in [6.07, 6.45) is 0.460. The Morgan fingerprint density at radius 2 is 1.91 bits per heavy atom. The van der Waals surface area contributed by atoms with Crippen LogP contribution < -0.4 is 9.47 Å². The molecule has 6 nitrogen and oxygen atoms in total. The largest absolute Gasteiger partial charge is 0.497 e. The maximum Gasteiger partial charge on any atom is 0.257 e. The molecule has 1 N–H and O–H groups in total. The third kappa shape index (κ3) is 4.36. The third-order valence-electron chi connectivity index (χ3n) is 4.24. The van der Waals surface area contributed by atoms with E-state index in [0.29, 0.717) is 36.7 Å². The van der Waals surface area contributed by atoms with Crippen molar-refractivity contribution in [2.75, 3.05) is 46.9 Å². The van der Waals surface area contributed by atoms with Crippen LogP contribution in [0.5, 0.6) is 11.5 Å². The van der Waals surface area contributed by atoms with Gasteiger partial charge >= 0.3 is 0 Å². The van der Waals surface area contributed by atoms with E-state index >= 15 is 0 Å². The van der Waals surface area contributed by atoms with E-state index in [9.17, 15) is 9.90 Å². The second-order valence-electron chi connectivity index (χ2n) is 5.72. The van der Waals surface area contributed by atoms with Gasteiger partial charge < -0.3 is 19.5 Å². The number of benzene rings is 1. The predicted molar refractivity (Wildman–Crippen MR) is 88.2 cm³/mol. The SMILES string of the molecule is CC[C@@H](O)CN1CCN(C(=O)c2ccc(OC)cc2OC)CC1. The number of piperazine rings is 1. The molecule has 0 bridgehead atoms. The highest BCUT2D eigenvalue weighted by Crippen LogP contribution is 2.26. The summed E-state index contributed by atoms with van der Waals surface area (Å²) < 4.78 is 10.5. The van der Waals surface area contributed by atoms with Crippen LogP contribution >= 0.6 is 0 Å². The van der Waals surface area contributed by atoms with Crippen LogP contribution in [-0.4, -0.2) is 73.9 Å². The average Bonchev–Trinajstić information content (AvgIpc) is 2.61. The lowest BCUT2D eigenvalue weighted by Gasteiger charge is -2.35. The van der Waals surface area contributed by atoms with Crippen molar-refractivity contribution >= 4 is 5.91 Å². The fourth-order valence-corrected chi connectivity index (χ4v) is 2.71. The lowest BCUT2D eigenvalue weighted by Crippen LogP contribution is -2.50. The summed E-state index contributed by atoms with van der Waals surface area (Å²) in [5.41, 5.74) is 0.551. The maximum absolute atomic E-state index is 12.7. The molecule has 0 aliphatic carbocycles. The number of amides is 1. The lowest BCUT2D eigenvalue weighted by molar-refractivity contribution is 0.0521. The number of hydrogen-bond donors (Lipinski definition) is 1. The van der Waals surface area contributed by atoms with E-state index in [-0.39, 0.29) is 12.0 Å². The number of methoxy groups -OCH3 is 2. The van der Waals surface area contributed by atoms with Gasteiger partial charge in [0.05, 0.1) is 25.9 Å². The van der Waals surface area contributed by atoms with Crippen molar-refractivity contribution in [2.24, 2.45) is 0 Å². The number of aliphatic hydroxyl groups excluding tert-OH is 1. The fourth-order valence-electron chi connectivity index (χ4n) is 2.71. The first kappa shape index (κ1) is 17.6. The number of rotatable bonds is 6. The van der Waals surface area contributed by atoms with Gasteiger partial charge in [0.1, 0.15) is 11.5 Å². The summed E-state index contributed by atoms with van der Waals surface area (Å²) in [7, 11) is 3.13. The number of carbonyl (C=O) groups excluding carboxylic acids is 1. The second-order valence-corrected chi connectivity index (χ2v) is 5.72. The summed E-state index contributed by atoms with van der Waals surface area (Å²) in [6, 6.07) is 5.23. The van der Waals surface area contributed by atoms with Crippen LogP contribution in [0.1, 0.15) is 23.7 Å². The molecule has 0 aromatic heterocycles. The van der Waals surface area contributed by atoms with Gasteiger partial charge in [-0.1, -0.05) is 6.92 Å². The number of carbonyl (C=O) groups is 1.